The van der Waals surface area contributed by atoms with E-state index in [1.54, 1.807) is 12.1 Å². The van der Waals surface area contributed by atoms with Crippen molar-refractivity contribution in [3.8, 4) is 0 Å². The van der Waals surface area contributed by atoms with E-state index in [2.05, 4.69) is 31.4 Å². The van der Waals surface area contributed by atoms with Crippen molar-refractivity contribution in [3.05, 3.63) is 26.6 Å². The van der Waals surface area contributed by atoms with E-state index in [0.29, 0.717) is 20.9 Å². The molecule has 0 unspecified atom stereocenters. The van der Waals surface area contributed by atoms with Gasteiger partial charge in [-0.3, -0.25) is 0 Å². The van der Waals surface area contributed by atoms with E-state index in [9.17, 15) is 8.78 Å². The van der Waals surface area contributed by atoms with Crippen LogP contribution in [0, 0.1) is 0 Å². The maximum atomic E-state index is 12.4. The van der Waals surface area contributed by atoms with Crippen LogP contribution < -0.4 is 11.1 Å². The summed E-state index contributed by atoms with van der Waals surface area (Å²) < 4.78 is 25.4. The summed E-state index contributed by atoms with van der Waals surface area (Å²) in [7, 11) is 0. The molecule has 0 aliphatic heterocycles. The summed E-state index contributed by atoms with van der Waals surface area (Å²) in [5.74, 6) is 0. The van der Waals surface area contributed by atoms with Gasteiger partial charge < -0.3 is 11.1 Å². The quantitative estimate of drug-likeness (QED) is 0.809. The highest BCUT2D eigenvalue weighted by Gasteiger charge is 2.15. The summed E-state index contributed by atoms with van der Waals surface area (Å²) in [6.07, 6.45) is -2.64. The lowest BCUT2D eigenvalue weighted by atomic mass is 10.3. The van der Waals surface area contributed by atoms with E-state index >= 15 is 0 Å². The van der Waals surface area contributed by atoms with Gasteiger partial charge in [0, 0.05) is 4.47 Å². The molecular formula is C9H6BrClF2N4S. The predicted octanol–water partition coefficient (Wildman–Crippen LogP) is 4.22. The number of hydrogen-bond donors (Lipinski definition) is 2. The molecule has 0 atom stereocenters. The van der Waals surface area contributed by atoms with Crippen LogP contribution in [0.1, 0.15) is 11.4 Å². The van der Waals surface area contributed by atoms with Gasteiger partial charge in [-0.05, 0) is 12.1 Å². The van der Waals surface area contributed by atoms with Crippen molar-refractivity contribution in [2.75, 3.05) is 11.1 Å². The summed E-state index contributed by atoms with van der Waals surface area (Å²) in [6.45, 7) is 0. The van der Waals surface area contributed by atoms with Crippen molar-refractivity contribution in [1.29, 1.82) is 0 Å². The molecule has 0 fully saturated rings. The van der Waals surface area contributed by atoms with E-state index in [0.717, 1.165) is 11.3 Å². The first-order chi connectivity index (χ1) is 8.47. The molecule has 1 aromatic carbocycles. The zero-order valence-corrected chi connectivity index (χ0v) is 11.8. The lowest BCUT2D eigenvalue weighted by Gasteiger charge is -2.08. The van der Waals surface area contributed by atoms with Crippen molar-refractivity contribution in [1.82, 2.24) is 10.2 Å². The Labute approximate surface area is 118 Å². The lowest BCUT2D eigenvalue weighted by Crippen LogP contribution is -1.97. The summed E-state index contributed by atoms with van der Waals surface area (Å²) in [5, 5.41) is 9.99. The summed E-state index contributed by atoms with van der Waals surface area (Å²) in [5.41, 5.74) is 6.55. The highest BCUT2D eigenvalue weighted by molar-refractivity contribution is 9.10. The van der Waals surface area contributed by atoms with Gasteiger partial charge in [-0.25, -0.2) is 8.78 Å². The maximum absolute atomic E-state index is 12.4. The van der Waals surface area contributed by atoms with Crippen LogP contribution in [-0.4, -0.2) is 10.2 Å². The van der Waals surface area contributed by atoms with Crippen molar-refractivity contribution in [3.63, 3.8) is 0 Å². The standard InChI is InChI=1S/C9H6BrClF2N4S/c10-3-1-4(11)6(14)5(2-3)15-9-17-16-8(18-9)7(12)13/h1-2,7H,14H2,(H,15,17). The number of hydrogen-bond acceptors (Lipinski definition) is 5. The van der Waals surface area contributed by atoms with Gasteiger partial charge >= 0.3 is 0 Å². The molecular weight excluding hydrogens is 350 g/mol. The van der Waals surface area contributed by atoms with Crippen LogP contribution >= 0.6 is 38.9 Å². The fraction of sp³-hybridized carbons (Fsp3) is 0.111. The Morgan fingerprint density at radius 1 is 1.39 bits per heavy atom. The largest absolute Gasteiger partial charge is 0.396 e. The van der Waals surface area contributed by atoms with Crippen molar-refractivity contribution >= 4 is 55.4 Å². The van der Waals surface area contributed by atoms with Gasteiger partial charge in [0.1, 0.15) is 0 Å². The molecule has 0 amide bonds. The maximum Gasteiger partial charge on any atom is 0.291 e. The monoisotopic (exact) mass is 354 g/mol. The third kappa shape index (κ3) is 2.88. The number of aromatic nitrogens is 2. The molecule has 4 nitrogen and oxygen atoms in total. The molecule has 0 radical (unpaired) electrons. The van der Waals surface area contributed by atoms with E-state index in [1.807, 2.05) is 0 Å². The number of alkyl halides is 2. The van der Waals surface area contributed by atoms with E-state index in [4.69, 9.17) is 17.3 Å². The molecule has 0 spiro atoms. The third-order valence-electron chi connectivity index (χ3n) is 1.96. The van der Waals surface area contributed by atoms with Crippen LogP contribution in [0.5, 0.6) is 0 Å². The fourth-order valence-electron chi connectivity index (χ4n) is 1.18. The average molecular weight is 356 g/mol. The first-order valence-electron chi connectivity index (χ1n) is 4.60. The summed E-state index contributed by atoms with van der Waals surface area (Å²) in [4.78, 5) is 0. The van der Waals surface area contributed by atoms with Crippen LogP contribution in [0.25, 0.3) is 0 Å². The number of nitrogens with two attached hydrogens (primary N) is 1. The number of rotatable bonds is 3. The number of nitrogens with zero attached hydrogens (tertiary/aromatic N) is 2. The first kappa shape index (κ1) is 13.4. The second-order valence-corrected chi connectivity index (χ2v) is 5.55. The zero-order chi connectivity index (χ0) is 13.3. The molecule has 3 N–H and O–H groups in total. The molecule has 0 aliphatic rings. The molecule has 1 heterocycles. The molecule has 2 aromatic rings. The highest BCUT2D eigenvalue weighted by Crippen LogP contribution is 2.35. The second-order valence-electron chi connectivity index (χ2n) is 3.22. The molecule has 2 rings (SSSR count). The predicted molar refractivity (Wildman–Crippen MR) is 71.7 cm³/mol. The number of anilines is 3. The van der Waals surface area contributed by atoms with Gasteiger partial charge in [-0.15, -0.1) is 10.2 Å². The van der Waals surface area contributed by atoms with Crippen molar-refractivity contribution in [2.45, 2.75) is 6.43 Å². The highest BCUT2D eigenvalue weighted by atomic mass is 79.9. The molecule has 1 aromatic heterocycles. The molecule has 0 saturated carbocycles. The molecule has 0 aliphatic carbocycles. The number of nitrogens with one attached hydrogen (secondary N) is 1. The lowest BCUT2D eigenvalue weighted by molar-refractivity contribution is 0.150. The normalized spacial score (nSPS) is 10.9. The Balaban J connectivity index is 2.28. The Morgan fingerprint density at radius 2 is 2.11 bits per heavy atom. The molecule has 0 saturated heterocycles. The average Bonchev–Trinajstić information content (AvgIpc) is 2.74. The Bertz CT molecular complexity index is 578. The minimum atomic E-state index is -2.64. The number of benzene rings is 1. The van der Waals surface area contributed by atoms with Crippen molar-refractivity contribution in [2.24, 2.45) is 0 Å². The zero-order valence-electron chi connectivity index (χ0n) is 8.62. The first-order valence-corrected chi connectivity index (χ1v) is 6.59. The SMILES string of the molecule is Nc1c(Cl)cc(Br)cc1Nc1nnc(C(F)F)s1. The summed E-state index contributed by atoms with van der Waals surface area (Å²) in [6, 6.07) is 3.30. The fourth-order valence-corrected chi connectivity index (χ4v) is 2.60. The van der Waals surface area contributed by atoms with E-state index in [-0.39, 0.29) is 10.1 Å². The van der Waals surface area contributed by atoms with Gasteiger partial charge in [0.05, 0.1) is 16.4 Å². The molecule has 0 bridgehead atoms. The van der Waals surface area contributed by atoms with Gasteiger partial charge in [0.25, 0.3) is 6.43 Å². The molecule has 9 heteroatoms. The van der Waals surface area contributed by atoms with Crippen LogP contribution in [0.4, 0.5) is 25.3 Å². The van der Waals surface area contributed by atoms with Crippen LogP contribution in [-0.2, 0) is 0 Å². The second kappa shape index (κ2) is 5.33. The van der Waals surface area contributed by atoms with Gasteiger partial charge in [-0.1, -0.05) is 38.9 Å². The van der Waals surface area contributed by atoms with E-state index in [1.165, 1.54) is 0 Å². The topological polar surface area (TPSA) is 63.8 Å². The minimum absolute atomic E-state index is 0.228. The van der Waals surface area contributed by atoms with Crippen LogP contribution in [0.3, 0.4) is 0 Å². The number of nitrogen functional groups attached to an aromatic ring is 1. The van der Waals surface area contributed by atoms with Crippen LogP contribution in [0.15, 0.2) is 16.6 Å². The molecule has 18 heavy (non-hydrogen) atoms. The smallest absolute Gasteiger partial charge is 0.291 e. The van der Waals surface area contributed by atoms with Gasteiger partial charge in [-0.2, -0.15) is 0 Å². The van der Waals surface area contributed by atoms with Crippen LogP contribution in [0.2, 0.25) is 5.02 Å². The Kier molecular flexibility index (Phi) is 3.98. The van der Waals surface area contributed by atoms with E-state index < -0.39 is 6.43 Å². The summed E-state index contributed by atoms with van der Waals surface area (Å²) >= 11 is 9.91. The number of halogens is 4. The minimum Gasteiger partial charge on any atom is -0.396 e. The van der Waals surface area contributed by atoms with Gasteiger partial charge in [0.15, 0.2) is 5.01 Å². The van der Waals surface area contributed by atoms with Gasteiger partial charge in [0.2, 0.25) is 5.13 Å². The Morgan fingerprint density at radius 3 is 2.72 bits per heavy atom. The third-order valence-corrected chi connectivity index (χ3v) is 3.58. The molecule has 96 valence electrons. The van der Waals surface area contributed by atoms with Crippen molar-refractivity contribution < 1.29 is 8.78 Å². The Hall–Kier alpha value is -0.990.